The molecule has 1 atom stereocenters. The Bertz CT molecular complexity index is 320. The Labute approximate surface area is 101 Å². The van der Waals surface area contributed by atoms with E-state index in [0.717, 1.165) is 0 Å². The van der Waals surface area contributed by atoms with Crippen LogP contribution in [0, 0.1) is 0 Å². The van der Waals surface area contributed by atoms with Gasteiger partial charge in [0.1, 0.15) is 0 Å². The van der Waals surface area contributed by atoms with Crippen molar-refractivity contribution >= 4 is 6.08 Å². The fourth-order valence-electron chi connectivity index (χ4n) is 1.46. The molecule has 0 N–H and O–H groups in total. The van der Waals surface area contributed by atoms with E-state index in [0.29, 0.717) is 4.63 Å². The Hall–Kier alpha value is 0.124. The van der Waals surface area contributed by atoms with Gasteiger partial charge in [-0.2, -0.15) is 0 Å². The third-order valence-electron chi connectivity index (χ3n) is 2.11. The first-order valence-corrected chi connectivity index (χ1v) is 4.55. The fourth-order valence-corrected chi connectivity index (χ4v) is 1.94. The van der Waals surface area contributed by atoms with E-state index in [1.54, 1.807) is 0 Å². The maximum atomic E-state index is 2.72. The van der Waals surface area contributed by atoms with Crippen molar-refractivity contribution in [2.75, 3.05) is 0 Å². The van der Waals surface area contributed by atoms with Crippen LogP contribution in [0.4, 0.5) is 0 Å². The van der Waals surface area contributed by atoms with Crippen molar-refractivity contribution in [2.45, 2.75) is 11.6 Å². The van der Waals surface area contributed by atoms with Gasteiger partial charge >= 0.3 is 76.0 Å². The summed E-state index contributed by atoms with van der Waals surface area (Å²) in [5.41, 5.74) is 4.28. The number of hydrogen-bond donors (Lipinski definition) is 0. The fraction of sp³-hybridized carbons (Fsp3) is 0.200. The third-order valence-corrected chi connectivity index (χ3v) is 3.18. The predicted octanol–water partition coefficient (Wildman–Crippen LogP) is -3.30. The minimum absolute atomic E-state index is 0. The van der Waals surface area contributed by atoms with Gasteiger partial charge in [-0.15, -0.1) is 0 Å². The van der Waals surface area contributed by atoms with Gasteiger partial charge < -0.3 is 24.8 Å². The molecule has 0 saturated carbocycles. The minimum Gasteiger partial charge on any atom is -1.00 e. The molecule has 68 valence electrons. The molecule has 1 aromatic carbocycles. The Morgan fingerprint density at radius 1 is 1.15 bits per heavy atom. The van der Waals surface area contributed by atoms with Gasteiger partial charge in [0.05, 0.1) is 0 Å². The Balaban J connectivity index is 0.000000720. The molecule has 1 unspecified atom stereocenters. The van der Waals surface area contributed by atoms with Crippen LogP contribution in [0.25, 0.3) is 6.08 Å². The summed E-state index contributed by atoms with van der Waals surface area (Å²) in [5.74, 6) is 0. The SMILES string of the molecule is CC1=Cc2ccccc2[CH]1[V+2].[Cl-].[Cl-]. The van der Waals surface area contributed by atoms with Crippen molar-refractivity contribution in [2.24, 2.45) is 0 Å². The minimum atomic E-state index is 0. The maximum absolute atomic E-state index is 2.72. The summed E-state index contributed by atoms with van der Waals surface area (Å²) >= 11 is 2.72. The molecule has 0 bridgehead atoms. The average molecular weight is 251 g/mol. The van der Waals surface area contributed by atoms with Gasteiger partial charge in [-0.3, -0.25) is 0 Å². The van der Waals surface area contributed by atoms with E-state index < -0.39 is 0 Å². The second kappa shape index (κ2) is 5.12. The van der Waals surface area contributed by atoms with Gasteiger partial charge in [-0.25, -0.2) is 0 Å². The van der Waals surface area contributed by atoms with Gasteiger partial charge in [-0.1, -0.05) is 0 Å². The van der Waals surface area contributed by atoms with Gasteiger partial charge in [0.2, 0.25) is 0 Å². The zero-order valence-electron chi connectivity index (χ0n) is 7.17. The van der Waals surface area contributed by atoms with E-state index in [9.17, 15) is 0 Å². The molecule has 1 aliphatic rings. The molecule has 0 fully saturated rings. The van der Waals surface area contributed by atoms with E-state index in [4.69, 9.17) is 0 Å². The van der Waals surface area contributed by atoms with Crippen LogP contribution in [0.5, 0.6) is 0 Å². The van der Waals surface area contributed by atoms with Crippen molar-refractivity contribution in [3.05, 3.63) is 41.0 Å². The van der Waals surface area contributed by atoms with Crippen LogP contribution in [0.1, 0.15) is 22.7 Å². The Kier molecular flexibility index (Phi) is 5.17. The molecule has 2 rings (SSSR count). The first-order chi connectivity index (χ1) is 5.29. The molecule has 0 aliphatic heterocycles. The molecule has 13 heavy (non-hydrogen) atoms. The summed E-state index contributed by atoms with van der Waals surface area (Å²) in [4.78, 5) is 0. The number of halogens is 2. The molecule has 1 aromatic rings. The molecule has 0 radical (unpaired) electrons. The molecular weight excluding hydrogens is 242 g/mol. The molecular formula is C10H9Cl2V. The van der Waals surface area contributed by atoms with Crippen LogP contribution in [-0.4, -0.2) is 0 Å². The standard InChI is InChI=1S/C10H9.2ClH.V/c1-8-6-9-4-2-3-5-10(9)7-8;;;/h2-7H,1H3;2*1H;/q;;;+2/p-2. The van der Waals surface area contributed by atoms with Crippen molar-refractivity contribution < 1.29 is 42.2 Å². The number of benzene rings is 1. The number of allylic oxidation sites excluding steroid dienone is 1. The largest absolute Gasteiger partial charge is 1.00 e. The zero-order chi connectivity index (χ0) is 7.84. The maximum Gasteiger partial charge on any atom is -1.00 e. The Morgan fingerprint density at radius 2 is 1.77 bits per heavy atom. The first kappa shape index (κ1) is 13.1. The average Bonchev–Trinajstić information content (AvgIpc) is 2.30. The summed E-state index contributed by atoms with van der Waals surface area (Å²) in [6.07, 6.45) is 2.26. The van der Waals surface area contributed by atoms with Crippen LogP contribution >= 0.6 is 0 Å². The summed E-state index contributed by atoms with van der Waals surface area (Å²) in [6.45, 7) is 2.18. The summed E-state index contributed by atoms with van der Waals surface area (Å²) in [6, 6.07) is 8.57. The van der Waals surface area contributed by atoms with E-state index in [1.165, 1.54) is 16.7 Å². The zero-order valence-corrected chi connectivity index (χ0v) is 10.1. The quantitative estimate of drug-likeness (QED) is 0.453. The van der Waals surface area contributed by atoms with E-state index >= 15 is 0 Å². The van der Waals surface area contributed by atoms with Gasteiger partial charge in [-0.05, 0) is 0 Å². The van der Waals surface area contributed by atoms with Crippen molar-refractivity contribution in [1.82, 2.24) is 0 Å². The molecule has 1 aliphatic carbocycles. The van der Waals surface area contributed by atoms with Gasteiger partial charge in [0, 0.05) is 0 Å². The van der Waals surface area contributed by atoms with Crippen LogP contribution in [0.3, 0.4) is 0 Å². The predicted molar refractivity (Wildman–Crippen MR) is 42.8 cm³/mol. The van der Waals surface area contributed by atoms with E-state index in [-0.39, 0.29) is 24.8 Å². The van der Waals surface area contributed by atoms with Crippen molar-refractivity contribution in [3.63, 3.8) is 0 Å². The second-order valence-electron chi connectivity index (χ2n) is 2.92. The van der Waals surface area contributed by atoms with Gasteiger partial charge in [0.25, 0.3) is 0 Å². The van der Waals surface area contributed by atoms with E-state index in [1.807, 2.05) is 0 Å². The Morgan fingerprint density at radius 3 is 2.38 bits per heavy atom. The van der Waals surface area contributed by atoms with Crippen LogP contribution in [-0.2, 0) is 17.4 Å². The first-order valence-electron chi connectivity index (χ1n) is 3.74. The molecule has 0 aromatic heterocycles. The normalized spacial score (nSPS) is 17.8. The number of rotatable bonds is 0. The van der Waals surface area contributed by atoms with E-state index in [2.05, 4.69) is 54.7 Å². The van der Waals surface area contributed by atoms with Crippen LogP contribution < -0.4 is 24.8 Å². The van der Waals surface area contributed by atoms with Crippen LogP contribution in [0.15, 0.2) is 29.8 Å². The third kappa shape index (κ3) is 2.32. The molecule has 0 spiro atoms. The molecule has 0 saturated heterocycles. The molecule has 0 amide bonds. The molecule has 3 heteroatoms. The number of hydrogen-bond acceptors (Lipinski definition) is 0. The summed E-state index contributed by atoms with van der Waals surface area (Å²) in [7, 11) is 0. The number of fused-ring (bicyclic) bond motifs is 1. The summed E-state index contributed by atoms with van der Waals surface area (Å²) in [5, 5.41) is 0. The topological polar surface area (TPSA) is 0 Å². The second-order valence-corrected chi connectivity index (χ2v) is 3.73. The summed E-state index contributed by atoms with van der Waals surface area (Å²) < 4.78 is 0.568. The van der Waals surface area contributed by atoms with Gasteiger partial charge in [0.15, 0.2) is 0 Å². The monoisotopic (exact) mass is 250 g/mol. The molecule has 0 nitrogen and oxygen atoms in total. The van der Waals surface area contributed by atoms with Crippen molar-refractivity contribution in [3.8, 4) is 0 Å². The smallest absolute Gasteiger partial charge is 1.00 e. The van der Waals surface area contributed by atoms with Crippen molar-refractivity contribution in [1.29, 1.82) is 0 Å². The van der Waals surface area contributed by atoms with Crippen LogP contribution in [0.2, 0.25) is 0 Å². The molecule has 0 heterocycles.